The van der Waals surface area contributed by atoms with Crippen LogP contribution in [0, 0.1) is 6.92 Å². The van der Waals surface area contributed by atoms with Crippen molar-refractivity contribution in [3.8, 4) is 0 Å². The number of anilines is 1. The van der Waals surface area contributed by atoms with Gasteiger partial charge in [0.05, 0.1) is 0 Å². The molecule has 2 rings (SSSR count). The molecular weight excluding hydrogens is 365 g/mol. The van der Waals surface area contributed by atoms with Gasteiger partial charge in [-0.25, -0.2) is 0 Å². The van der Waals surface area contributed by atoms with E-state index in [9.17, 15) is 0 Å². The zero-order valence-corrected chi connectivity index (χ0v) is 15.2. The van der Waals surface area contributed by atoms with Crippen molar-refractivity contribution in [2.45, 2.75) is 19.1 Å². The number of hydrogen-bond donors (Lipinski definition) is 3. The predicted octanol–water partition coefficient (Wildman–Crippen LogP) is 1.55. The van der Waals surface area contributed by atoms with Crippen molar-refractivity contribution >= 4 is 39.4 Å². The summed E-state index contributed by atoms with van der Waals surface area (Å²) in [6, 6.07) is 17.2. The van der Waals surface area contributed by atoms with Crippen LogP contribution in [0.4, 0.5) is 5.69 Å². The first-order chi connectivity index (χ1) is 10.2. The summed E-state index contributed by atoms with van der Waals surface area (Å²) >= 11 is -1.12. The molecule has 0 radical (unpaired) electrons. The van der Waals surface area contributed by atoms with E-state index in [0.717, 1.165) is 5.69 Å². The van der Waals surface area contributed by atoms with Crippen LogP contribution in [0.25, 0.3) is 0 Å². The van der Waals surface area contributed by atoms with Crippen molar-refractivity contribution in [2.24, 2.45) is 0 Å². The molecule has 0 aliphatic heterocycles. The van der Waals surface area contributed by atoms with E-state index >= 15 is 0 Å². The maximum absolute atomic E-state index is 8.74. The molecule has 7 heteroatoms. The Morgan fingerprint density at radius 3 is 2.00 bits per heavy atom. The van der Waals surface area contributed by atoms with Gasteiger partial charge >= 0.3 is 118 Å². The van der Waals surface area contributed by atoms with Gasteiger partial charge in [-0.05, 0) is 0 Å². The van der Waals surface area contributed by atoms with Crippen LogP contribution in [-0.4, -0.2) is 32.2 Å². The van der Waals surface area contributed by atoms with Gasteiger partial charge in [0.15, 0.2) is 0 Å². The molecule has 5 nitrogen and oxygen atoms in total. The molecule has 2 aromatic rings. The van der Waals surface area contributed by atoms with Crippen molar-refractivity contribution in [1.29, 1.82) is 0 Å². The molecule has 0 bridgehead atoms. The average molecular weight is 385 g/mol. The maximum Gasteiger partial charge on any atom is 0.394 e. The monoisotopic (exact) mass is 385 g/mol. The summed E-state index contributed by atoms with van der Waals surface area (Å²) in [5.74, 6) is 0. The number of benzene rings is 2. The molecule has 0 saturated carbocycles. The smallest absolute Gasteiger partial charge is 0.264 e. The minimum Gasteiger partial charge on any atom is -0.264 e. The van der Waals surface area contributed by atoms with E-state index in [0.29, 0.717) is 0 Å². The molecule has 0 aliphatic carbocycles. The largest absolute Gasteiger partial charge is 0.394 e. The van der Waals surface area contributed by atoms with Crippen molar-refractivity contribution in [2.75, 3.05) is 5.73 Å². The van der Waals surface area contributed by atoms with E-state index in [2.05, 4.69) is 50.2 Å². The maximum atomic E-state index is 8.74. The van der Waals surface area contributed by atoms with Crippen LogP contribution in [-0.2, 0) is 10.4 Å². The molecule has 1 unspecified atom stereocenters. The van der Waals surface area contributed by atoms with Crippen LogP contribution >= 0.6 is 0 Å². The number of nitrogens with two attached hydrogens (primary N) is 1. The average Bonchev–Trinajstić information content (AvgIpc) is 2.42. The van der Waals surface area contributed by atoms with Crippen LogP contribution in [0.1, 0.15) is 12.5 Å². The Kier molecular flexibility index (Phi) is 7.10. The molecule has 0 spiro atoms. The molecule has 2 aromatic carbocycles. The summed E-state index contributed by atoms with van der Waals surface area (Å²) in [7, 11) is -4.67. The number of aryl methyl sites for hydroxylation is 1. The Morgan fingerprint density at radius 1 is 1.05 bits per heavy atom. The Bertz CT molecular complexity index is 694. The van der Waals surface area contributed by atoms with Crippen molar-refractivity contribution in [3.63, 3.8) is 0 Å². The number of rotatable bonds is 3. The second-order valence-electron chi connectivity index (χ2n) is 4.57. The van der Waals surface area contributed by atoms with Gasteiger partial charge < -0.3 is 0 Å². The van der Waals surface area contributed by atoms with Crippen LogP contribution in [0.2, 0.25) is 5.21 Å². The summed E-state index contributed by atoms with van der Waals surface area (Å²) in [6.07, 6.45) is 0. The Labute approximate surface area is 136 Å². The fourth-order valence-corrected chi connectivity index (χ4v) is 6.75. The third-order valence-electron chi connectivity index (χ3n) is 2.93. The molecule has 0 saturated heterocycles. The van der Waals surface area contributed by atoms with E-state index in [-0.39, 0.29) is 0 Å². The van der Waals surface area contributed by atoms with Crippen LogP contribution in [0.5, 0.6) is 0 Å². The van der Waals surface area contributed by atoms with E-state index in [1.165, 1.54) is 15.1 Å². The summed E-state index contributed by atoms with van der Waals surface area (Å²) in [5, 5.41) is 1.25. The fraction of sp³-hybridized carbons (Fsp3) is 0.200. The molecule has 4 N–H and O–H groups in total. The first-order valence-corrected chi connectivity index (χ1v) is 11.2. The Balaban J connectivity index is 0.000000422. The first kappa shape index (κ1) is 18.7. The third-order valence-corrected chi connectivity index (χ3v) is 8.46. The van der Waals surface area contributed by atoms with Gasteiger partial charge in [-0.15, -0.1) is 0 Å². The fourth-order valence-electron chi connectivity index (χ4n) is 2.01. The summed E-state index contributed by atoms with van der Waals surface area (Å²) in [5.41, 5.74) is 8.03. The zero-order chi connectivity index (χ0) is 16.8. The first-order valence-electron chi connectivity index (χ1n) is 6.61. The molecule has 1 atom stereocenters. The predicted molar refractivity (Wildman–Crippen MR) is 91.7 cm³/mol. The molecule has 22 heavy (non-hydrogen) atoms. The van der Waals surface area contributed by atoms with E-state index in [1.54, 1.807) is 4.35 Å². The van der Waals surface area contributed by atoms with E-state index in [4.69, 9.17) is 23.3 Å². The van der Waals surface area contributed by atoms with Crippen molar-refractivity contribution in [3.05, 3.63) is 54.1 Å². The molecule has 120 valence electrons. The molecule has 0 amide bonds. The molecule has 0 fully saturated rings. The topological polar surface area (TPSA) is 101 Å². The van der Waals surface area contributed by atoms with E-state index < -0.39 is 25.1 Å². The van der Waals surface area contributed by atoms with Gasteiger partial charge in [-0.1, -0.05) is 0 Å². The second kappa shape index (κ2) is 8.34. The van der Waals surface area contributed by atoms with Gasteiger partial charge in [-0.3, -0.25) is 9.11 Å². The Morgan fingerprint density at radius 2 is 1.55 bits per heavy atom. The number of hydrogen-bond acceptors (Lipinski definition) is 3. The van der Waals surface area contributed by atoms with Crippen LogP contribution in [0.3, 0.4) is 0 Å². The van der Waals surface area contributed by atoms with Gasteiger partial charge in [-0.2, -0.15) is 8.42 Å². The summed E-state index contributed by atoms with van der Waals surface area (Å²) < 4.78 is 34.6. The van der Waals surface area contributed by atoms with Crippen LogP contribution < -0.4 is 14.4 Å². The van der Waals surface area contributed by atoms with Gasteiger partial charge in [0.2, 0.25) is 0 Å². The van der Waals surface area contributed by atoms with Crippen LogP contribution in [0.15, 0.2) is 48.5 Å². The van der Waals surface area contributed by atoms with Crippen molar-refractivity contribution < 1.29 is 17.5 Å². The summed E-state index contributed by atoms with van der Waals surface area (Å²) in [4.78, 5) is 0. The minimum absolute atomic E-state index is 0.851. The third kappa shape index (κ3) is 6.62. The number of nitrogen functional groups attached to an aromatic ring is 1. The normalized spacial score (nSPS) is 12.2. The quantitative estimate of drug-likeness (QED) is 0.423. The van der Waals surface area contributed by atoms with Crippen molar-refractivity contribution in [1.82, 2.24) is 0 Å². The van der Waals surface area contributed by atoms with Gasteiger partial charge in [0.25, 0.3) is 0 Å². The molecular formula is C15H20AsNO4S. The zero-order valence-electron chi connectivity index (χ0n) is 12.5. The van der Waals surface area contributed by atoms with Gasteiger partial charge in [0.1, 0.15) is 0 Å². The second-order valence-corrected chi connectivity index (χ2v) is 10.7. The molecule has 0 aliphatic rings. The summed E-state index contributed by atoms with van der Waals surface area (Å²) in [6.45, 7) is 4.51. The SMILES string of the molecule is CC[As](c1ccc(N)cc1)c1ccccc1C.O=S(=O)(O)O. The minimum atomic E-state index is -4.67. The molecule has 0 heterocycles. The van der Waals surface area contributed by atoms with E-state index in [1.807, 2.05) is 12.1 Å². The standard InChI is InChI=1S/C15H18AsN.H2O4S/c1-3-16(13-8-10-14(17)11-9-13)15-7-5-4-6-12(15)2;1-5(2,3)4/h4-11H,3,17H2,1-2H3;(H2,1,2,3,4). The molecule has 0 aromatic heterocycles. The Hall–Kier alpha value is -1.33. The van der Waals surface area contributed by atoms with Gasteiger partial charge in [0, 0.05) is 0 Å².